The Morgan fingerprint density at radius 1 is 1.04 bits per heavy atom. The molecule has 0 atom stereocenters. The van der Waals surface area contributed by atoms with Gasteiger partial charge in [-0.2, -0.15) is 18.2 Å². The topological polar surface area (TPSA) is 102 Å². The number of carbonyl (C=O) groups is 1. The fourth-order valence-electron chi connectivity index (χ4n) is 6.54. The van der Waals surface area contributed by atoms with Crippen LogP contribution in [0.2, 0.25) is 0 Å². The summed E-state index contributed by atoms with van der Waals surface area (Å²) in [4.78, 5) is 23.6. The summed E-state index contributed by atoms with van der Waals surface area (Å²) >= 11 is 0. The highest BCUT2D eigenvalue weighted by Gasteiger charge is 2.55. The lowest BCUT2D eigenvalue weighted by atomic mass is 9.53. The first-order valence-corrected chi connectivity index (χ1v) is 15.4. The van der Waals surface area contributed by atoms with Crippen molar-refractivity contribution >= 4 is 11.9 Å². The molecule has 1 N–H and O–H groups in total. The van der Waals surface area contributed by atoms with Crippen molar-refractivity contribution in [2.45, 2.75) is 108 Å². The zero-order valence-corrected chi connectivity index (χ0v) is 25.9. The Labute approximate surface area is 259 Å². The maximum absolute atomic E-state index is 15.1. The number of nitrogens with zero attached hydrogens (tertiary/aromatic N) is 4. The largest absolute Gasteiger partial charge is 0.433 e. The van der Waals surface area contributed by atoms with E-state index in [1.807, 2.05) is 0 Å². The summed E-state index contributed by atoms with van der Waals surface area (Å²) in [6.07, 6.45) is 1.37. The fourth-order valence-corrected chi connectivity index (χ4v) is 6.54. The summed E-state index contributed by atoms with van der Waals surface area (Å²) in [5.41, 5.74) is -3.34. The maximum Gasteiger partial charge on any atom is 0.427 e. The lowest BCUT2D eigenvalue weighted by Gasteiger charge is -2.52. The summed E-state index contributed by atoms with van der Waals surface area (Å²) in [6.45, 7) is 4.91. The smallest absolute Gasteiger partial charge is 0.427 e. The minimum Gasteiger partial charge on any atom is -0.433 e. The second-order valence-corrected chi connectivity index (χ2v) is 14.1. The van der Waals surface area contributed by atoms with E-state index in [1.54, 1.807) is 38.1 Å². The van der Waals surface area contributed by atoms with Crippen molar-refractivity contribution in [2.24, 2.45) is 5.41 Å². The molecule has 45 heavy (non-hydrogen) atoms. The lowest BCUT2D eigenvalue weighted by molar-refractivity contribution is -0.243. The highest BCUT2D eigenvalue weighted by Crippen LogP contribution is 2.58. The van der Waals surface area contributed by atoms with Crippen LogP contribution in [0.5, 0.6) is 0 Å². The van der Waals surface area contributed by atoms with Crippen LogP contribution in [-0.4, -0.2) is 44.6 Å². The molecule has 8 nitrogen and oxygen atoms in total. The molecule has 3 aromatic rings. The van der Waals surface area contributed by atoms with Crippen LogP contribution in [0, 0.1) is 11.2 Å². The molecule has 4 saturated carbocycles. The van der Waals surface area contributed by atoms with E-state index < -0.39 is 34.7 Å². The van der Waals surface area contributed by atoms with Crippen molar-refractivity contribution in [1.29, 1.82) is 0 Å². The Kier molecular flexibility index (Phi) is 7.53. The van der Waals surface area contributed by atoms with Crippen molar-refractivity contribution in [1.82, 2.24) is 15.1 Å². The molecule has 0 aliphatic heterocycles. The molecule has 2 aromatic heterocycles. The zero-order valence-electron chi connectivity index (χ0n) is 25.9. The van der Waals surface area contributed by atoms with Gasteiger partial charge in [0.15, 0.2) is 5.82 Å². The van der Waals surface area contributed by atoms with Gasteiger partial charge >= 0.3 is 12.3 Å². The molecule has 0 spiro atoms. The van der Waals surface area contributed by atoms with E-state index in [1.165, 1.54) is 6.07 Å². The molecule has 12 heteroatoms. The predicted octanol–water partition coefficient (Wildman–Crippen LogP) is 7.95. The first kappa shape index (κ1) is 31.4. The van der Waals surface area contributed by atoms with Gasteiger partial charge in [-0.1, -0.05) is 29.4 Å². The Morgan fingerprint density at radius 2 is 1.67 bits per heavy atom. The number of halogens is 4. The number of amides is 1. The number of aromatic nitrogens is 3. The number of rotatable bonds is 8. The van der Waals surface area contributed by atoms with Crippen LogP contribution >= 0.6 is 0 Å². The van der Waals surface area contributed by atoms with Crippen LogP contribution in [0.15, 0.2) is 41.1 Å². The molecule has 2 heterocycles. The monoisotopic (exact) mass is 630 g/mol. The van der Waals surface area contributed by atoms with Gasteiger partial charge in [0.05, 0.1) is 11.8 Å². The molecular formula is C33H38F4N4O4. The van der Waals surface area contributed by atoms with Gasteiger partial charge in [-0.3, -0.25) is 4.90 Å². The molecule has 7 rings (SSSR count). The quantitative estimate of drug-likeness (QED) is 0.252. The first-order valence-electron chi connectivity index (χ1n) is 15.4. The van der Waals surface area contributed by atoms with Gasteiger partial charge in [0.2, 0.25) is 11.5 Å². The highest BCUT2D eigenvalue weighted by atomic mass is 19.4. The number of fused-ring (bicyclic) bond motifs is 3. The second kappa shape index (κ2) is 10.8. The molecule has 4 aliphatic rings. The Balaban J connectivity index is 1.29. The average Bonchev–Trinajstić information content (AvgIpc) is 3.71. The van der Waals surface area contributed by atoms with Gasteiger partial charge < -0.3 is 14.4 Å². The molecule has 0 unspecified atom stereocenters. The molecular weight excluding hydrogens is 592 g/mol. The Hall–Kier alpha value is -3.54. The van der Waals surface area contributed by atoms with E-state index in [0.717, 1.165) is 62.9 Å². The SMILES string of the molecule is CC(C)(O)c1ccc(-c2cc(N(CC34CCC(c5nc(C6CC6)no5)(CC3)CC4)C(=O)OC(C)(C)C(F)(F)F)ncc2F)cc1. The maximum atomic E-state index is 15.1. The van der Waals surface area contributed by atoms with E-state index in [2.05, 4.69) is 10.1 Å². The summed E-state index contributed by atoms with van der Waals surface area (Å²) in [5, 5.41) is 14.5. The number of benzene rings is 1. The van der Waals surface area contributed by atoms with Crippen molar-refractivity contribution in [3.8, 4) is 11.1 Å². The van der Waals surface area contributed by atoms with Crippen molar-refractivity contribution < 1.29 is 36.7 Å². The normalized spacial score (nSPS) is 23.7. The van der Waals surface area contributed by atoms with Crippen LogP contribution in [0.25, 0.3) is 11.1 Å². The van der Waals surface area contributed by atoms with Crippen LogP contribution in [0.3, 0.4) is 0 Å². The number of hydrogen-bond donors (Lipinski definition) is 1. The van der Waals surface area contributed by atoms with E-state index in [0.29, 0.717) is 42.2 Å². The van der Waals surface area contributed by atoms with E-state index in [-0.39, 0.29) is 23.3 Å². The first-order chi connectivity index (χ1) is 21.0. The molecule has 1 aromatic carbocycles. The molecule has 0 saturated heterocycles. The summed E-state index contributed by atoms with van der Waals surface area (Å²) in [6, 6.07) is 7.97. The summed E-state index contributed by atoms with van der Waals surface area (Å²) in [7, 11) is 0. The van der Waals surface area contributed by atoms with E-state index >= 15 is 4.39 Å². The Morgan fingerprint density at radius 3 is 2.22 bits per heavy atom. The fraction of sp³-hybridized carbons (Fsp3) is 0.576. The van der Waals surface area contributed by atoms with Gasteiger partial charge in [0.1, 0.15) is 11.6 Å². The van der Waals surface area contributed by atoms with E-state index in [9.17, 15) is 23.1 Å². The summed E-state index contributed by atoms with van der Waals surface area (Å²) in [5.74, 6) is 1.11. The number of carbonyl (C=O) groups excluding carboxylic acids is 1. The number of hydrogen-bond acceptors (Lipinski definition) is 7. The minimum absolute atomic E-state index is 0.0105. The van der Waals surface area contributed by atoms with Crippen molar-refractivity contribution in [3.63, 3.8) is 0 Å². The lowest BCUT2D eigenvalue weighted by Crippen LogP contribution is -2.53. The van der Waals surface area contributed by atoms with Gasteiger partial charge in [-0.05, 0) is 102 Å². The third-order valence-corrected chi connectivity index (χ3v) is 10.00. The van der Waals surface area contributed by atoms with Crippen LogP contribution in [0.1, 0.15) is 102 Å². The third-order valence-electron chi connectivity index (χ3n) is 10.00. The number of anilines is 1. The van der Waals surface area contributed by atoms with Crippen LogP contribution < -0.4 is 4.90 Å². The van der Waals surface area contributed by atoms with Gasteiger partial charge in [-0.25, -0.2) is 14.2 Å². The third kappa shape index (κ3) is 6.05. The molecule has 1 amide bonds. The Bertz CT molecular complexity index is 1550. The number of alkyl halides is 3. The van der Waals surface area contributed by atoms with Crippen molar-refractivity contribution in [2.75, 3.05) is 11.4 Å². The van der Waals surface area contributed by atoms with E-state index in [4.69, 9.17) is 14.2 Å². The van der Waals surface area contributed by atoms with Gasteiger partial charge in [0, 0.05) is 23.4 Å². The molecule has 2 bridgehead atoms. The predicted molar refractivity (Wildman–Crippen MR) is 157 cm³/mol. The molecule has 0 radical (unpaired) electrons. The molecule has 4 aliphatic carbocycles. The standard InChI is InChI=1S/C33H38F4N4O4/c1-29(2,43)22-9-7-20(8-10-22)23-17-25(38-18-24(23)34)41(28(42)44-30(3,4)33(35,36)37)19-31-11-14-32(15-12-31,16-13-31)27-39-26(40-45-27)21-5-6-21/h7-10,17-18,21,43H,5-6,11-16,19H2,1-4H3. The van der Waals surface area contributed by atoms with Crippen molar-refractivity contribution in [3.05, 3.63) is 59.6 Å². The zero-order chi connectivity index (χ0) is 32.4. The summed E-state index contributed by atoms with van der Waals surface area (Å²) < 4.78 is 67.3. The highest BCUT2D eigenvalue weighted by molar-refractivity contribution is 5.88. The molecule has 4 fully saturated rings. The minimum atomic E-state index is -4.81. The number of ether oxygens (including phenoxy) is 1. The van der Waals surface area contributed by atoms with Gasteiger partial charge in [-0.15, -0.1) is 0 Å². The molecule has 242 valence electrons. The number of pyridine rings is 1. The van der Waals surface area contributed by atoms with Gasteiger partial charge in [0.25, 0.3) is 0 Å². The van der Waals surface area contributed by atoms with Crippen LogP contribution in [0.4, 0.5) is 28.2 Å². The average molecular weight is 631 g/mol. The number of aliphatic hydroxyl groups is 1. The van der Waals surface area contributed by atoms with Crippen LogP contribution in [-0.2, 0) is 15.8 Å². The second-order valence-electron chi connectivity index (χ2n) is 14.1.